The predicted molar refractivity (Wildman–Crippen MR) is 141 cm³/mol. The highest BCUT2D eigenvalue weighted by molar-refractivity contribution is 6.02. The minimum atomic E-state index is -1.05. The van der Waals surface area contributed by atoms with Crippen LogP contribution < -0.4 is 15.0 Å². The van der Waals surface area contributed by atoms with Crippen LogP contribution >= 0.6 is 0 Å². The Labute approximate surface area is 216 Å². The summed E-state index contributed by atoms with van der Waals surface area (Å²) in [5.41, 5.74) is 1.87. The molecular weight excluding hydrogens is 470 g/mol. The summed E-state index contributed by atoms with van der Waals surface area (Å²) in [6.45, 7) is 8.62. The number of benzene rings is 2. The van der Waals surface area contributed by atoms with E-state index in [1.54, 1.807) is 31.2 Å². The maximum atomic E-state index is 14.1. The van der Waals surface area contributed by atoms with Gasteiger partial charge in [-0.05, 0) is 62.6 Å². The van der Waals surface area contributed by atoms with Gasteiger partial charge >= 0.3 is 0 Å². The molecule has 2 amide bonds. The van der Waals surface area contributed by atoms with Crippen molar-refractivity contribution in [2.45, 2.75) is 46.7 Å². The lowest BCUT2D eigenvalue weighted by molar-refractivity contribution is -0.127. The van der Waals surface area contributed by atoms with E-state index in [9.17, 15) is 9.59 Å². The number of fused-ring (bicyclic) bond motifs is 1. The molecule has 0 fully saturated rings. The summed E-state index contributed by atoms with van der Waals surface area (Å²) in [6.07, 6.45) is 0.810. The van der Waals surface area contributed by atoms with Crippen molar-refractivity contribution in [1.82, 2.24) is 20.3 Å². The van der Waals surface area contributed by atoms with Crippen LogP contribution in [0, 0.1) is 12.8 Å². The van der Waals surface area contributed by atoms with Gasteiger partial charge in [0.05, 0.1) is 17.8 Å². The highest BCUT2D eigenvalue weighted by Gasteiger charge is 2.36. The maximum absolute atomic E-state index is 14.1. The average Bonchev–Trinajstić information content (AvgIpc) is 3.49. The van der Waals surface area contributed by atoms with Crippen molar-refractivity contribution in [3.8, 4) is 5.75 Å². The first-order valence-corrected chi connectivity index (χ1v) is 12.5. The van der Waals surface area contributed by atoms with E-state index in [1.807, 2.05) is 43.3 Å². The molecule has 0 saturated carbocycles. The van der Waals surface area contributed by atoms with E-state index in [2.05, 4.69) is 29.5 Å². The number of carbonyl (C=O) groups is 2. The first-order valence-electron chi connectivity index (χ1n) is 12.5. The summed E-state index contributed by atoms with van der Waals surface area (Å²) in [7, 11) is 0. The van der Waals surface area contributed by atoms with Gasteiger partial charge in [-0.15, -0.1) is 5.10 Å². The quantitative estimate of drug-likeness (QED) is 0.319. The summed E-state index contributed by atoms with van der Waals surface area (Å²) in [5, 5.41) is 11.4. The van der Waals surface area contributed by atoms with Crippen LogP contribution in [-0.2, 0) is 16.1 Å². The third kappa shape index (κ3) is 5.99. The molecule has 1 N–H and O–H groups in total. The van der Waals surface area contributed by atoms with Crippen molar-refractivity contribution in [2.24, 2.45) is 5.92 Å². The molecule has 2 aromatic carbocycles. The number of furan rings is 1. The molecule has 0 aliphatic heterocycles. The van der Waals surface area contributed by atoms with Gasteiger partial charge in [0.25, 0.3) is 5.91 Å². The molecule has 4 rings (SSSR count). The molecule has 0 saturated heterocycles. The molecule has 0 radical (unpaired) electrons. The van der Waals surface area contributed by atoms with Gasteiger partial charge in [-0.3, -0.25) is 14.5 Å². The molecule has 37 heavy (non-hydrogen) atoms. The third-order valence-corrected chi connectivity index (χ3v) is 5.96. The number of aryl methyl sites for hydroxylation is 1. The van der Waals surface area contributed by atoms with E-state index in [1.165, 1.54) is 9.58 Å². The molecule has 1 atom stereocenters. The molecule has 0 aliphatic rings. The highest BCUT2D eigenvalue weighted by Crippen LogP contribution is 2.36. The molecule has 9 nitrogen and oxygen atoms in total. The second-order valence-electron chi connectivity index (χ2n) is 9.22. The number of ether oxygens (including phenoxy) is 1. The zero-order valence-electron chi connectivity index (χ0n) is 21.7. The van der Waals surface area contributed by atoms with Crippen molar-refractivity contribution in [3.05, 3.63) is 72.2 Å². The number of rotatable bonds is 11. The van der Waals surface area contributed by atoms with E-state index < -0.39 is 6.04 Å². The lowest BCUT2D eigenvalue weighted by Gasteiger charge is -2.31. The minimum absolute atomic E-state index is 0.129. The van der Waals surface area contributed by atoms with Gasteiger partial charge in [-0.1, -0.05) is 43.3 Å². The Morgan fingerprint density at radius 2 is 1.84 bits per heavy atom. The first-order chi connectivity index (χ1) is 17.9. The van der Waals surface area contributed by atoms with Crippen LogP contribution in [0.1, 0.15) is 44.8 Å². The van der Waals surface area contributed by atoms with E-state index in [4.69, 9.17) is 9.15 Å². The summed E-state index contributed by atoms with van der Waals surface area (Å²) >= 11 is 0. The van der Waals surface area contributed by atoms with Gasteiger partial charge < -0.3 is 14.5 Å². The fourth-order valence-electron chi connectivity index (χ4n) is 4.14. The number of anilines is 1. The Balaban J connectivity index is 1.79. The van der Waals surface area contributed by atoms with E-state index in [0.717, 1.165) is 11.9 Å². The molecule has 0 aliphatic carbocycles. The molecule has 2 aromatic heterocycles. The lowest BCUT2D eigenvalue weighted by Crippen LogP contribution is -2.45. The number of nitrogens with zero attached hydrogens (tertiary/aromatic N) is 4. The Hall–Kier alpha value is -4.14. The van der Waals surface area contributed by atoms with Gasteiger partial charge in [0.1, 0.15) is 29.3 Å². The molecule has 9 heteroatoms. The average molecular weight is 504 g/mol. The molecule has 4 aromatic rings. The van der Waals surface area contributed by atoms with Crippen molar-refractivity contribution < 1.29 is 18.7 Å². The van der Waals surface area contributed by atoms with Crippen LogP contribution in [0.2, 0.25) is 0 Å². The van der Waals surface area contributed by atoms with Gasteiger partial charge in [0.15, 0.2) is 6.04 Å². The van der Waals surface area contributed by atoms with Crippen LogP contribution in [0.5, 0.6) is 5.75 Å². The SMILES string of the molecule is CCOc1ccccc1N(C(=O)Cn1nnc2ccccc21)C(C(=O)NCCC(C)C)c1ccc(C)o1. The van der Waals surface area contributed by atoms with Crippen LogP contribution in [0.15, 0.2) is 65.1 Å². The molecule has 0 spiro atoms. The predicted octanol–water partition coefficient (Wildman–Crippen LogP) is 4.67. The zero-order chi connectivity index (χ0) is 26.4. The van der Waals surface area contributed by atoms with Crippen molar-refractivity contribution in [1.29, 1.82) is 0 Å². The maximum Gasteiger partial charge on any atom is 0.251 e. The molecular formula is C28H33N5O4. The summed E-state index contributed by atoms with van der Waals surface area (Å²) < 4.78 is 13.3. The Bertz CT molecular complexity index is 1360. The monoisotopic (exact) mass is 503 g/mol. The Morgan fingerprint density at radius 3 is 2.57 bits per heavy atom. The summed E-state index contributed by atoms with van der Waals surface area (Å²) in [4.78, 5) is 29.2. The number of hydrogen-bond acceptors (Lipinski definition) is 6. The second-order valence-corrected chi connectivity index (χ2v) is 9.22. The minimum Gasteiger partial charge on any atom is -0.492 e. The molecule has 194 valence electrons. The summed E-state index contributed by atoms with van der Waals surface area (Å²) in [5.74, 6) is 1.22. The third-order valence-electron chi connectivity index (χ3n) is 5.96. The van der Waals surface area contributed by atoms with E-state index in [-0.39, 0.29) is 18.4 Å². The fraction of sp³-hybridized carbons (Fsp3) is 0.357. The fourth-order valence-corrected chi connectivity index (χ4v) is 4.14. The number of aromatic nitrogens is 3. The normalized spacial score (nSPS) is 12.0. The van der Waals surface area contributed by atoms with E-state index >= 15 is 0 Å². The van der Waals surface area contributed by atoms with Crippen molar-refractivity contribution >= 4 is 28.5 Å². The number of nitrogens with one attached hydrogen (secondary N) is 1. The van der Waals surface area contributed by atoms with Gasteiger partial charge in [0, 0.05) is 6.54 Å². The highest BCUT2D eigenvalue weighted by atomic mass is 16.5. The number of amides is 2. The van der Waals surface area contributed by atoms with Crippen LogP contribution in [0.4, 0.5) is 5.69 Å². The second kappa shape index (κ2) is 11.7. The molecule has 2 heterocycles. The molecule has 1 unspecified atom stereocenters. The number of carbonyl (C=O) groups excluding carboxylic acids is 2. The van der Waals surface area contributed by atoms with Gasteiger partial charge in [-0.2, -0.15) is 0 Å². The Morgan fingerprint density at radius 1 is 1.08 bits per heavy atom. The smallest absolute Gasteiger partial charge is 0.251 e. The lowest BCUT2D eigenvalue weighted by atomic mass is 10.1. The largest absolute Gasteiger partial charge is 0.492 e. The number of para-hydroxylation sites is 3. The zero-order valence-corrected chi connectivity index (χ0v) is 21.7. The van der Waals surface area contributed by atoms with Crippen molar-refractivity contribution in [2.75, 3.05) is 18.1 Å². The van der Waals surface area contributed by atoms with Gasteiger partial charge in [-0.25, -0.2) is 4.68 Å². The summed E-state index contributed by atoms with van der Waals surface area (Å²) in [6, 6.07) is 17.1. The number of hydrogen-bond donors (Lipinski definition) is 1. The van der Waals surface area contributed by atoms with Crippen LogP contribution in [0.3, 0.4) is 0 Å². The topological polar surface area (TPSA) is 102 Å². The van der Waals surface area contributed by atoms with Gasteiger partial charge in [0.2, 0.25) is 5.91 Å². The Kier molecular flexibility index (Phi) is 8.22. The molecule has 0 bridgehead atoms. The first kappa shape index (κ1) is 25.9. The van der Waals surface area contributed by atoms with Crippen molar-refractivity contribution in [3.63, 3.8) is 0 Å². The standard InChI is InChI=1S/C28H33N5O4/c1-5-36-24-13-9-8-12-23(24)33(26(34)18-32-22-11-7-6-10-21(22)30-31-32)27(25-15-14-20(4)37-25)28(35)29-17-16-19(2)3/h6-15,19,27H,5,16-18H2,1-4H3,(H,29,35). The van der Waals surface area contributed by atoms with E-state index in [0.29, 0.717) is 47.5 Å². The van der Waals surface area contributed by atoms with Crippen LogP contribution in [0.25, 0.3) is 11.0 Å². The van der Waals surface area contributed by atoms with Crippen LogP contribution in [-0.4, -0.2) is 40.0 Å².